The Morgan fingerprint density at radius 2 is 1.71 bits per heavy atom. The molecule has 0 aromatic heterocycles. The summed E-state index contributed by atoms with van der Waals surface area (Å²) in [6.45, 7) is 2.60. The first-order chi connectivity index (χ1) is 8.02. The highest BCUT2D eigenvalue weighted by Gasteiger charge is 2.10. The maximum absolute atomic E-state index is 10.9. The van der Waals surface area contributed by atoms with Crippen molar-refractivity contribution in [2.24, 2.45) is 0 Å². The van der Waals surface area contributed by atoms with Crippen molar-refractivity contribution in [1.82, 2.24) is 0 Å². The van der Waals surface area contributed by atoms with Gasteiger partial charge in [0.15, 0.2) is 11.5 Å². The molecule has 5 heteroatoms. The van der Waals surface area contributed by atoms with Crippen LogP contribution in [0.2, 0.25) is 0 Å². The lowest BCUT2D eigenvalue weighted by molar-refractivity contribution is -0.134. The molecule has 1 rings (SSSR count). The monoisotopic (exact) mass is 300 g/mol. The Morgan fingerprint density at radius 1 is 1.12 bits per heavy atom. The molecule has 0 amide bonds. The van der Waals surface area contributed by atoms with Gasteiger partial charge in [0.25, 0.3) is 0 Å². The van der Waals surface area contributed by atoms with Crippen molar-refractivity contribution < 1.29 is 19.1 Å². The van der Waals surface area contributed by atoms with E-state index in [1.807, 2.05) is 6.07 Å². The molecule has 0 bridgehead atoms. The van der Waals surface area contributed by atoms with Crippen molar-refractivity contribution in [3.8, 4) is 11.5 Å². The second-order valence-electron chi connectivity index (χ2n) is 3.41. The number of halogens is 1. The van der Waals surface area contributed by atoms with Crippen LogP contribution in [0.25, 0.3) is 0 Å². The highest BCUT2D eigenvalue weighted by molar-refractivity contribution is 9.09. The fraction of sp³-hybridized carbons (Fsp3) is 0.333. The van der Waals surface area contributed by atoms with E-state index >= 15 is 0 Å². The summed E-state index contributed by atoms with van der Waals surface area (Å²) in [5, 5.41) is 0.805. The Labute approximate surface area is 108 Å². The van der Waals surface area contributed by atoms with Gasteiger partial charge in [-0.3, -0.25) is 9.59 Å². The van der Waals surface area contributed by atoms with Gasteiger partial charge >= 0.3 is 11.9 Å². The molecule has 1 aromatic rings. The Balaban J connectivity index is 3.02. The molecule has 92 valence electrons. The molecule has 0 unspecified atom stereocenters. The summed E-state index contributed by atoms with van der Waals surface area (Å²) in [7, 11) is 0. The number of rotatable bonds is 4. The average Bonchev–Trinajstić information content (AvgIpc) is 2.21. The lowest BCUT2D eigenvalue weighted by atomic mass is 10.1. The summed E-state index contributed by atoms with van der Waals surface area (Å²) in [6, 6.07) is 5.14. The first-order valence-corrected chi connectivity index (χ1v) is 6.21. The first kappa shape index (κ1) is 13.7. The first-order valence-electron chi connectivity index (χ1n) is 5.08. The average molecular weight is 301 g/mol. The zero-order valence-electron chi connectivity index (χ0n) is 9.66. The minimum absolute atomic E-state index is 0.256. The highest BCUT2D eigenvalue weighted by Crippen LogP contribution is 2.29. The van der Waals surface area contributed by atoms with Crippen molar-refractivity contribution >= 4 is 27.9 Å². The Morgan fingerprint density at radius 3 is 2.24 bits per heavy atom. The second kappa shape index (κ2) is 6.39. The molecule has 0 spiro atoms. The number of carbonyl (C=O) groups is 2. The lowest BCUT2D eigenvalue weighted by Crippen LogP contribution is -2.07. The molecule has 0 aliphatic rings. The maximum Gasteiger partial charge on any atom is 0.308 e. The predicted octanol–water partition coefficient (Wildman–Crippen LogP) is 2.47. The fourth-order valence-electron chi connectivity index (χ4n) is 1.29. The molecular formula is C12H13BrO4. The van der Waals surface area contributed by atoms with Crippen LogP contribution in [0.15, 0.2) is 18.2 Å². The van der Waals surface area contributed by atoms with Gasteiger partial charge in [-0.25, -0.2) is 0 Å². The van der Waals surface area contributed by atoms with E-state index < -0.39 is 11.9 Å². The molecule has 0 aliphatic carbocycles. The molecule has 0 N–H and O–H groups in total. The van der Waals surface area contributed by atoms with Crippen molar-refractivity contribution in [1.29, 1.82) is 0 Å². The molecule has 1 aromatic carbocycles. The number of ether oxygens (including phenoxy) is 2. The van der Waals surface area contributed by atoms with Gasteiger partial charge in [-0.15, -0.1) is 0 Å². The Hall–Kier alpha value is -1.36. The number of benzene rings is 1. The SMILES string of the molecule is CC(=O)Oc1ccc(CCBr)cc1OC(C)=O. The normalized spacial score (nSPS) is 9.82. The molecule has 0 fully saturated rings. The molecule has 0 heterocycles. The van der Waals surface area contributed by atoms with Crippen LogP contribution >= 0.6 is 15.9 Å². The third kappa shape index (κ3) is 4.56. The molecule has 0 radical (unpaired) electrons. The van der Waals surface area contributed by atoms with Gasteiger partial charge in [-0.1, -0.05) is 22.0 Å². The molecular weight excluding hydrogens is 288 g/mol. The molecule has 0 aliphatic heterocycles. The van der Waals surface area contributed by atoms with Crippen LogP contribution in [0, 0.1) is 0 Å². The van der Waals surface area contributed by atoms with Gasteiger partial charge in [0.05, 0.1) is 0 Å². The zero-order valence-corrected chi connectivity index (χ0v) is 11.2. The summed E-state index contributed by atoms with van der Waals surface area (Å²) in [4.78, 5) is 21.8. The number of esters is 2. The van der Waals surface area contributed by atoms with Crippen molar-refractivity contribution in [3.05, 3.63) is 23.8 Å². The topological polar surface area (TPSA) is 52.6 Å². The fourth-order valence-corrected chi connectivity index (χ4v) is 1.75. The van der Waals surface area contributed by atoms with E-state index in [2.05, 4.69) is 15.9 Å². The Bertz CT molecular complexity index is 429. The standard InChI is InChI=1S/C12H13BrO4/c1-8(14)16-11-4-3-10(5-6-13)7-12(11)17-9(2)15/h3-4,7H,5-6H2,1-2H3. The summed E-state index contributed by atoms with van der Waals surface area (Å²) in [5.41, 5.74) is 0.994. The van der Waals surface area contributed by atoms with Crippen molar-refractivity contribution in [2.45, 2.75) is 20.3 Å². The quantitative estimate of drug-likeness (QED) is 0.487. The van der Waals surface area contributed by atoms with Crippen LogP contribution in [-0.4, -0.2) is 17.3 Å². The van der Waals surface area contributed by atoms with Crippen LogP contribution in [0.1, 0.15) is 19.4 Å². The summed E-state index contributed by atoms with van der Waals surface area (Å²) >= 11 is 3.33. The molecule has 0 atom stereocenters. The third-order valence-electron chi connectivity index (χ3n) is 1.90. The van der Waals surface area contributed by atoms with E-state index in [0.29, 0.717) is 0 Å². The lowest BCUT2D eigenvalue weighted by Gasteiger charge is -2.09. The van der Waals surface area contributed by atoms with E-state index in [0.717, 1.165) is 17.3 Å². The highest BCUT2D eigenvalue weighted by atomic mass is 79.9. The van der Waals surface area contributed by atoms with E-state index in [4.69, 9.17) is 9.47 Å². The van der Waals surface area contributed by atoms with Gasteiger partial charge in [-0.05, 0) is 24.1 Å². The van der Waals surface area contributed by atoms with E-state index in [9.17, 15) is 9.59 Å². The predicted molar refractivity (Wildman–Crippen MR) is 66.6 cm³/mol. The molecule has 17 heavy (non-hydrogen) atoms. The maximum atomic E-state index is 10.9. The van der Waals surface area contributed by atoms with Gasteiger partial charge in [0.2, 0.25) is 0 Å². The largest absolute Gasteiger partial charge is 0.423 e. The van der Waals surface area contributed by atoms with E-state index in [-0.39, 0.29) is 11.5 Å². The van der Waals surface area contributed by atoms with Gasteiger partial charge in [-0.2, -0.15) is 0 Å². The van der Waals surface area contributed by atoms with E-state index in [1.165, 1.54) is 13.8 Å². The molecule has 0 saturated heterocycles. The number of alkyl halides is 1. The number of hydrogen-bond donors (Lipinski definition) is 0. The van der Waals surface area contributed by atoms with Crippen LogP contribution in [0.5, 0.6) is 11.5 Å². The van der Waals surface area contributed by atoms with Gasteiger partial charge in [0.1, 0.15) is 0 Å². The van der Waals surface area contributed by atoms with Gasteiger partial charge in [0, 0.05) is 19.2 Å². The number of aryl methyl sites for hydroxylation is 1. The number of carbonyl (C=O) groups excluding carboxylic acids is 2. The Kier molecular flexibility index (Phi) is 5.15. The van der Waals surface area contributed by atoms with Gasteiger partial charge < -0.3 is 9.47 Å². The second-order valence-corrected chi connectivity index (χ2v) is 4.20. The molecule has 0 saturated carbocycles. The minimum Gasteiger partial charge on any atom is -0.423 e. The zero-order chi connectivity index (χ0) is 12.8. The summed E-state index contributed by atoms with van der Waals surface area (Å²) < 4.78 is 9.95. The van der Waals surface area contributed by atoms with Crippen LogP contribution in [-0.2, 0) is 16.0 Å². The van der Waals surface area contributed by atoms with Crippen LogP contribution in [0.4, 0.5) is 0 Å². The van der Waals surface area contributed by atoms with E-state index in [1.54, 1.807) is 12.1 Å². The smallest absolute Gasteiger partial charge is 0.308 e. The summed E-state index contributed by atoms with van der Waals surface area (Å²) in [6.07, 6.45) is 0.800. The van der Waals surface area contributed by atoms with Crippen molar-refractivity contribution in [2.75, 3.05) is 5.33 Å². The van der Waals surface area contributed by atoms with Crippen molar-refractivity contribution in [3.63, 3.8) is 0 Å². The molecule has 4 nitrogen and oxygen atoms in total. The minimum atomic E-state index is -0.452. The van der Waals surface area contributed by atoms with Crippen LogP contribution in [0.3, 0.4) is 0 Å². The summed E-state index contributed by atoms with van der Waals surface area (Å²) in [5.74, 6) is -0.377. The number of hydrogen-bond acceptors (Lipinski definition) is 4. The van der Waals surface area contributed by atoms with Crippen LogP contribution < -0.4 is 9.47 Å². The third-order valence-corrected chi connectivity index (χ3v) is 2.30.